The molecule has 2 aromatic rings. The number of ether oxygens (including phenoxy) is 1. The van der Waals surface area contributed by atoms with Crippen molar-refractivity contribution >= 4 is 27.4 Å². The van der Waals surface area contributed by atoms with Gasteiger partial charge in [0, 0.05) is 30.7 Å². The highest BCUT2D eigenvalue weighted by atomic mass is 32.2. The Morgan fingerprint density at radius 3 is 2.44 bits per heavy atom. The smallest absolute Gasteiger partial charge is 0.258 e. The van der Waals surface area contributed by atoms with Gasteiger partial charge < -0.3 is 15.0 Å². The molecule has 8 nitrogen and oxygen atoms in total. The highest BCUT2D eigenvalue weighted by Crippen LogP contribution is 2.21. The molecule has 1 aliphatic heterocycles. The van der Waals surface area contributed by atoms with Crippen LogP contribution in [-0.4, -0.2) is 55.5 Å². The summed E-state index contributed by atoms with van der Waals surface area (Å²) in [7, 11) is -1.41. The molecular formula is C18H22N4O4S. The molecule has 0 spiro atoms. The second-order valence-corrected chi connectivity index (χ2v) is 8.53. The number of hydrogen-bond acceptors (Lipinski definition) is 7. The van der Waals surface area contributed by atoms with Gasteiger partial charge in [0.25, 0.3) is 5.91 Å². The maximum absolute atomic E-state index is 12.3. The summed E-state index contributed by atoms with van der Waals surface area (Å²) in [6.07, 6.45) is 3.47. The molecule has 2 heterocycles. The summed E-state index contributed by atoms with van der Waals surface area (Å²) in [6.45, 7) is 2.52. The van der Waals surface area contributed by atoms with E-state index in [1.807, 2.05) is 11.8 Å². The number of anilines is 2. The van der Waals surface area contributed by atoms with Gasteiger partial charge in [-0.3, -0.25) is 4.79 Å². The number of hydrogen-bond donors (Lipinski definition) is 1. The number of aromatic nitrogens is 2. The number of methoxy groups -OCH3 is 1. The van der Waals surface area contributed by atoms with Gasteiger partial charge in [-0.1, -0.05) is 0 Å². The van der Waals surface area contributed by atoms with Crippen molar-refractivity contribution in [2.24, 2.45) is 0 Å². The van der Waals surface area contributed by atoms with Crippen molar-refractivity contribution in [1.29, 1.82) is 0 Å². The monoisotopic (exact) mass is 390 g/mol. The summed E-state index contributed by atoms with van der Waals surface area (Å²) in [5.41, 5.74) is 0.959. The normalized spacial score (nSPS) is 18.1. The van der Waals surface area contributed by atoms with Crippen LogP contribution in [0.5, 0.6) is 5.75 Å². The Morgan fingerprint density at radius 1 is 1.26 bits per heavy atom. The standard InChI is InChI=1S/C18H22N4O4S/c1-3-22(15-8-9-27(24,25)12-15)18-19-10-13(11-20-18)17(23)21-14-4-6-16(26-2)7-5-14/h4-7,10-11,15H,3,8-9,12H2,1-2H3,(H,21,23). The summed E-state index contributed by atoms with van der Waals surface area (Å²) in [6, 6.07) is 6.86. The van der Waals surface area contributed by atoms with Crippen molar-refractivity contribution in [3.8, 4) is 5.75 Å². The van der Waals surface area contributed by atoms with Crippen LogP contribution >= 0.6 is 0 Å². The van der Waals surface area contributed by atoms with Crippen LogP contribution in [0.3, 0.4) is 0 Å². The fourth-order valence-corrected chi connectivity index (χ4v) is 4.78. The van der Waals surface area contributed by atoms with Gasteiger partial charge >= 0.3 is 0 Å². The molecule has 144 valence electrons. The van der Waals surface area contributed by atoms with Crippen LogP contribution in [0.2, 0.25) is 0 Å². The van der Waals surface area contributed by atoms with E-state index < -0.39 is 9.84 Å². The molecule has 1 atom stereocenters. The minimum Gasteiger partial charge on any atom is -0.497 e. The molecule has 1 saturated heterocycles. The zero-order valence-corrected chi connectivity index (χ0v) is 16.1. The van der Waals surface area contributed by atoms with E-state index in [0.29, 0.717) is 35.9 Å². The predicted octanol–water partition coefficient (Wildman–Crippen LogP) is 1.75. The van der Waals surface area contributed by atoms with Crippen molar-refractivity contribution in [3.05, 3.63) is 42.2 Å². The first-order valence-electron chi connectivity index (χ1n) is 8.66. The molecule has 1 amide bonds. The minimum atomic E-state index is -2.99. The molecule has 9 heteroatoms. The van der Waals surface area contributed by atoms with Crippen LogP contribution in [0.1, 0.15) is 23.7 Å². The molecule has 27 heavy (non-hydrogen) atoms. The first-order valence-corrected chi connectivity index (χ1v) is 10.5. The number of nitrogens with zero attached hydrogens (tertiary/aromatic N) is 3. The molecule has 1 aromatic carbocycles. The quantitative estimate of drug-likeness (QED) is 0.802. The van der Waals surface area contributed by atoms with E-state index in [2.05, 4.69) is 15.3 Å². The largest absolute Gasteiger partial charge is 0.497 e. The highest BCUT2D eigenvalue weighted by Gasteiger charge is 2.32. The first kappa shape index (κ1) is 19.1. The van der Waals surface area contributed by atoms with Gasteiger partial charge in [-0.05, 0) is 37.6 Å². The number of sulfone groups is 1. The lowest BCUT2D eigenvalue weighted by atomic mass is 10.2. The average molecular weight is 390 g/mol. The van der Waals surface area contributed by atoms with Crippen LogP contribution in [0.25, 0.3) is 0 Å². The molecule has 1 aliphatic rings. The average Bonchev–Trinajstić information content (AvgIpc) is 3.03. The van der Waals surface area contributed by atoms with Crippen molar-refractivity contribution < 1.29 is 17.9 Å². The number of nitrogens with one attached hydrogen (secondary N) is 1. The Bertz CT molecular complexity index is 898. The van der Waals surface area contributed by atoms with Crippen molar-refractivity contribution in [2.75, 3.05) is 35.4 Å². The molecule has 1 unspecified atom stereocenters. The van der Waals surface area contributed by atoms with Gasteiger partial charge in [0.15, 0.2) is 9.84 Å². The van der Waals surface area contributed by atoms with Crippen molar-refractivity contribution in [3.63, 3.8) is 0 Å². The first-order chi connectivity index (χ1) is 12.9. The van der Waals surface area contributed by atoms with Crippen LogP contribution in [0.4, 0.5) is 11.6 Å². The summed E-state index contributed by atoms with van der Waals surface area (Å²) in [5, 5.41) is 2.77. The SMILES string of the molecule is CCN(c1ncc(C(=O)Nc2ccc(OC)cc2)cn1)C1CCS(=O)(=O)C1. The number of rotatable bonds is 6. The molecule has 0 radical (unpaired) electrons. The number of carbonyl (C=O) groups is 1. The van der Waals surface area contributed by atoms with E-state index in [4.69, 9.17) is 4.74 Å². The summed E-state index contributed by atoms with van der Waals surface area (Å²) < 4.78 is 28.5. The van der Waals surface area contributed by atoms with Gasteiger partial charge in [-0.25, -0.2) is 18.4 Å². The second-order valence-electron chi connectivity index (χ2n) is 6.30. The maximum Gasteiger partial charge on any atom is 0.258 e. The molecule has 1 N–H and O–H groups in total. The Hall–Kier alpha value is -2.68. The molecule has 1 fully saturated rings. The Labute approximate surface area is 158 Å². The third-order valence-electron chi connectivity index (χ3n) is 4.50. The van der Waals surface area contributed by atoms with Crippen LogP contribution < -0.4 is 15.0 Å². The van der Waals surface area contributed by atoms with Crippen molar-refractivity contribution in [2.45, 2.75) is 19.4 Å². The highest BCUT2D eigenvalue weighted by molar-refractivity contribution is 7.91. The van der Waals surface area contributed by atoms with Crippen LogP contribution in [0.15, 0.2) is 36.7 Å². The van der Waals surface area contributed by atoms with Gasteiger partial charge in [-0.15, -0.1) is 0 Å². The maximum atomic E-state index is 12.3. The molecule has 0 aliphatic carbocycles. The Kier molecular flexibility index (Phi) is 5.59. The number of benzene rings is 1. The lowest BCUT2D eigenvalue weighted by Crippen LogP contribution is -2.37. The van der Waals surface area contributed by atoms with E-state index >= 15 is 0 Å². The van der Waals surface area contributed by atoms with Crippen molar-refractivity contribution in [1.82, 2.24) is 9.97 Å². The van der Waals surface area contributed by atoms with Crippen LogP contribution in [-0.2, 0) is 9.84 Å². The fraction of sp³-hybridized carbons (Fsp3) is 0.389. The molecule has 3 rings (SSSR count). The minimum absolute atomic E-state index is 0.115. The third kappa shape index (κ3) is 4.54. The zero-order valence-electron chi connectivity index (χ0n) is 15.3. The number of carbonyl (C=O) groups excluding carboxylic acids is 1. The van der Waals surface area contributed by atoms with E-state index in [-0.39, 0.29) is 23.5 Å². The molecule has 1 aromatic heterocycles. The van der Waals surface area contributed by atoms with E-state index in [9.17, 15) is 13.2 Å². The predicted molar refractivity (Wildman–Crippen MR) is 103 cm³/mol. The third-order valence-corrected chi connectivity index (χ3v) is 6.25. The molecule has 0 saturated carbocycles. The van der Waals surface area contributed by atoms with Crippen LogP contribution in [0, 0.1) is 0 Å². The topological polar surface area (TPSA) is 101 Å². The lowest BCUT2D eigenvalue weighted by molar-refractivity contribution is 0.102. The van der Waals surface area contributed by atoms with E-state index in [1.54, 1.807) is 31.4 Å². The van der Waals surface area contributed by atoms with E-state index in [1.165, 1.54) is 12.4 Å². The van der Waals surface area contributed by atoms with Gasteiger partial charge in [-0.2, -0.15) is 0 Å². The van der Waals surface area contributed by atoms with Gasteiger partial charge in [0.05, 0.1) is 24.2 Å². The summed E-state index contributed by atoms with van der Waals surface area (Å²) in [4.78, 5) is 22.8. The van der Waals surface area contributed by atoms with Gasteiger partial charge in [0.2, 0.25) is 5.95 Å². The Balaban J connectivity index is 1.69. The zero-order chi connectivity index (χ0) is 19.4. The summed E-state index contributed by atoms with van der Waals surface area (Å²) >= 11 is 0. The fourth-order valence-electron chi connectivity index (χ4n) is 3.05. The molecular weight excluding hydrogens is 368 g/mol. The van der Waals surface area contributed by atoms with E-state index in [0.717, 1.165) is 0 Å². The lowest BCUT2D eigenvalue weighted by Gasteiger charge is -2.26. The molecule has 0 bridgehead atoms. The Morgan fingerprint density at radius 2 is 1.93 bits per heavy atom. The van der Waals surface area contributed by atoms with Gasteiger partial charge in [0.1, 0.15) is 5.75 Å². The summed E-state index contributed by atoms with van der Waals surface area (Å²) in [5.74, 6) is 1.12. The number of amides is 1. The second kappa shape index (κ2) is 7.91.